The number of carbonyl (C=O) groups excluding carboxylic acids is 1. The zero-order valence-corrected chi connectivity index (χ0v) is 12.9. The van der Waals surface area contributed by atoms with Crippen LogP contribution >= 0.6 is 0 Å². The Kier molecular flexibility index (Phi) is 3.66. The maximum absolute atomic E-state index is 12.2. The molecular weight excluding hydrogens is 304 g/mol. The minimum Gasteiger partial charge on any atom is -0.351 e. The van der Waals surface area contributed by atoms with Crippen molar-refractivity contribution in [1.82, 2.24) is 29.9 Å². The van der Waals surface area contributed by atoms with E-state index in [0.717, 1.165) is 29.3 Å². The molecule has 2 N–H and O–H groups in total. The summed E-state index contributed by atoms with van der Waals surface area (Å²) >= 11 is 0. The molecule has 0 aliphatic rings. The molecule has 0 saturated heterocycles. The fourth-order valence-electron chi connectivity index (χ4n) is 2.67. The number of hydrogen-bond donors (Lipinski definition) is 2. The third-order valence-electron chi connectivity index (χ3n) is 3.89. The topological polar surface area (TPSA) is 88.0 Å². The SMILES string of the molecule is O=C(NCCCc1cnc2ncnn2c1)c1cc2ccccc2[nH]1. The number of aryl methyl sites for hydroxylation is 1. The van der Waals surface area contributed by atoms with Gasteiger partial charge in [0, 0.05) is 29.8 Å². The number of fused-ring (bicyclic) bond motifs is 2. The fraction of sp³-hybridized carbons (Fsp3) is 0.176. The van der Waals surface area contributed by atoms with Gasteiger partial charge in [-0.25, -0.2) is 9.50 Å². The van der Waals surface area contributed by atoms with Crippen LogP contribution in [0.1, 0.15) is 22.5 Å². The molecule has 0 atom stereocenters. The van der Waals surface area contributed by atoms with Crippen LogP contribution < -0.4 is 5.32 Å². The fourth-order valence-corrected chi connectivity index (χ4v) is 2.67. The zero-order valence-electron chi connectivity index (χ0n) is 12.9. The Morgan fingerprint density at radius 2 is 2.17 bits per heavy atom. The molecule has 0 saturated carbocycles. The van der Waals surface area contributed by atoms with Crippen LogP contribution in [0.25, 0.3) is 16.7 Å². The van der Waals surface area contributed by atoms with Gasteiger partial charge in [-0.1, -0.05) is 18.2 Å². The smallest absolute Gasteiger partial charge is 0.267 e. The van der Waals surface area contributed by atoms with Crippen LogP contribution in [0.5, 0.6) is 0 Å². The van der Waals surface area contributed by atoms with E-state index in [1.807, 2.05) is 36.5 Å². The average Bonchev–Trinajstić information content (AvgIpc) is 3.24. The molecular formula is C17H16N6O. The standard InChI is InChI=1S/C17H16N6O/c24-16(15-8-13-5-1-2-6-14(13)22-15)18-7-3-4-12-9-19-17-20-11-21-23(17)10-12/h1-2,5-6,8-11,22H,3-4,7H2,(H,18,24). The first kappa shape index (κ1) is 14.4. The van der Waals surface area contributed by atoms with Crippen LogP contribution in [0.4, 0.5) is 0 Å². The van der Waals surface area contributed by atoms with Gasteiger partial charge in [0.05, 0.1) is 0 Å². The number of carbonyl (C=O) groups is 1. The van der Waals surface area contributed by atoms with Crippen molar-refractivity contribution in [2.24, 2.45) is 0 Å². The van der Waals surface area contributed by atoms with Crippen molar-refractivity contribution in [3.63, 3.8) is 0 Å². The Bertz CT molecular complexity index is 969. The molecule has 0 unspecified atom stereocenters. The van der Waals surface area contributed by atoms with E-state index >= 15 is 0 Å². The summed E-state index contributed by atoms with van der Waals surface area (Å²) in [6.45, 7) is 0.601. The maximum Gasteiger partial charge on any atom is 0.267 e. The van der Waals surface area contributed by atoms with Crippen LogP contribution in [-0.2, 0) is 6.42 Å². The lowest BCUT2D eigenvalue weighted by Crippen LogP contribution is -2.25. The van der Waals surface area contributed by atoms with Crippen LogP contribution in [-0.4, -0.2) is 37.0 Å². The average molecular weight is 320 g/mol. The van der Waals surface area contributed by atoms with Crippen molar-refractivity contribution < 1.29 is 4.79 Å². The van der Waals surface area contributed by atoms with Gasteiger partial charge in [-0.2, -0.15) is 10.1 Å². The first-order valence-electron chi connectivity index (χ1n) is 7.80. The van der Waals surface area contributed by atoms with Crippen molar-refractivity contribution in [1.29, 1.82) is 0 Å². The molecule has 120 valence electrons. The predicted molar refractivity (Wildman–Crippen MR) is 89.7 cm³/mol. The van der Waals surface area contributed by atoms with Crippen molar-refractivity contribution >= 4 is 22.6 Å². The van der Waals surface area contributed by atoms with Gasteiger partial charge < -0.3 is 10.3 Å². The lowest BCUT2D eigenvalue weighted by molar-refractivity contribution is 0.0949. The van der Waals surface area contributed by atoms with Crippen molar-refractivity contribution in [2.45, 2.75) is 12.8 Å². The summed E-state index contributed by atoms with van der Waals surface area (Å²) in [5, 5.41) is 8.04. The summed E-state index contributed by atoms with van der Waals surface area (Å²) in [4.78, 5) is 23.6. The molecule has 7 nitrogen and oxygen atoms in total. The molecule has 7 heteroatoms. The molecule has 1 aromatic carbocycles. The van der Waals surface area contributed by atoms with E-state index in [-0.39, 0.29) is 5.91 Å². The lowest BCUT2D eigenvalue weighted by Gasteiger charge is -2.04. The number of rotatable bonds is 5. The minimum atomic E-state index is -0.0870. The number of benzene rings is 1. The molecule has 3 aromatic heterocycles. The second kappa shape index (κ2) is 6.11. The van der Waals surface area contributed by atoms with E-state index in [9.17, 15) is 4.79 Å². The molecule has 4 rings (SSSR count). The van der Waals surface area contributed by atoms with Gasteiger partial charge in [-0.3, -0.25) is 4.79 Å². The lowest BCUT2D eigenvalue weighted by atomic mass is 10.2. The summed E-state index contributed by atoms with van der Waals surface area (Å²) in [5.41, 5.74) is 2.62. The second-order valence-corrected chi connectivity index (χ2v) is 5.60. The van der Waals surface area contributed by atoms with Crippen LogP contribution in [0, 0.1) is 0 Å². The summed E-state index contributed by atoms with van der Waals surface area (Å²) in [6.07, 6.45) is 6.83. The highest BCUT2D eigenvalue weighted by molar-refractivity contribution is 5.97. The first-order chi connectivity index (χ1) is 11.8. The monoisotopic (exact) mass is 320 g/mol. The highest BCUT2D eigenvalue weighted by atomic mass is 16.1. The summed E-state index contributed by atoms with van der Waals surface area (Å²) in [5.74, 6) is 0.502. The Hall–Kier alpha value is -3.22. The molecule has 0 aliphatic carbocycles. The Labute approximate surface area is 137 Å². The number of nitrogens with one attached hydrogen (secondary N) is 2. The molecule has 0 radical (unpaired) electrons. The normalized spacial score (nSPS) is 11.2. The quantitative estimate of drug-likeness (QED) is 0.550. The van der Waals surface area contributed by atoms with E-state index in [4.69, 9.17) is 0 Å². The van der Waals surface area contributed by atoms with Crippen molar-refractivity contribution in [2.75, 3.05) is 6.54 Å². The Balaban J connectivity index is 1.32. The molecule has 3 heterocycles. The number of H-pyrrole nitrogens is 1. The number of hydrogen-bond acceptors (Lipinski definition) is 4. The van der Waals surface area contributed by atoms with E-state index in [1.165, 1.54) is 6.33 Å². The predicted octanol–water partition coefficient (Wildman–Crippen LogP) is 1.97. The number of aromatic nitrogens is 5. The molecule has 24 heavy (non-hydrogen) atoms. The first-order valence-corrected chi connectivity index (χ1v) is 7.80. The van der Waals surface area contributed by atoms with Gasteiger partial charge in [-0.05, 0) is 30.5 Å². The third-order valence-corrected chi connectivity index (χ3v) is 3.89. The van der Waals surface area contributed by atoms with Crippen LogP contribution in [0.2, 0.25) is 0 Å². The highest BCUT2D eigenvalue weighted by Gasteiger charge is 2.08. The number of nitrogens with zero attached hydrogens (tertiary/aromatic N) is 4. The number of para-hydroxylation sites is 1. The highest BCUT2D eigenvalue weighted by Crippen LogP contribution is 2.14. The molecule has 4 aromatic rings. The molecule has 0 fully saturated rings. The van der Waals surface area contributed by atoms with E-state index < -0.39 is 0 Å². The van der Waals surface area contributed by atoms with E-state index in [0.29, 0.717) is 18.0 Å². The zero-order chi connectivity index (χ0) is 16.4. The molecule has 0 bridgehead atoms. The van der Waals surface area contributed by atoms with Gasteiger partial charge in [0.1, 0.15) is 12.0 Å². The summed E-state index contributed by atoms with van der Waals surface area (Å²) < 4.78 is 1.65. The number of amides is 1. The van der Waals surface area contributed by atoms with Gasteiger partial charge in [-0.15, -0.1) is 0 Å². The second-order valence-electron chi connectivity index (χ2n) is 5.60. The van der Waals surface area contributed by atoms with E-state index in [2.05, 4.69) is 25.4 Å². The van der Waals surface area contributed by atoms with Gasteiger partial charge in [0.25, 0.3) is 11.7 Å². The third kappa shape index (κ3) is 2.83. The minimum absolute atomic E-state index is 0.0870. The van der Waals surface area contributed by atoms with Crippen LogP contribution in [0.15, 0.2) is 49.1 Å². The summed E-state index contributed by atoms with van der Waals surface area (Å²) in [7, 11) is 0. The van der Waals surface area contributed by atoms with Gasteiger partial charge in [0.15, 0.2) is 0 Å². The van der Waals surface area contributed by atoms with Crippen molar-refractivity contribution in [3.05, 3.63) is 60.3 Å². The van der Waals surface area contributed by atoms with Crippen LogP contribution in [0.3, 0.4) is 0 Å². The maximum atomic E-state index is 12.2. The summed E-state index contributed by atoms with van der Waals surface area (Å²) in [6, 6.07) is 9.71. The van der Waals surface area contributed by atoms with E-state index in [1.54, 1.807) is 10.7 Å². The molecule has 0 spiro atoms. The largest absolute Gasteiger partial charge is 0.351 e. The Morgan fingerprint density at radius 3 is 3.08 bits per heavy atom. The van der Waals surface area contributed by atoms with Crippen molar-refractivity contribution in [3.8, 4) is 0 Å². The van der Waals surface area contributed by atoms with Gasteiger partial charge >= 0.3 is 0 Å². The Morgan fingerprint density at radius 1 is 1.25 bits per heavy atom. The molecule has 0 aliphatic heterocycles. The molecule has 1 amide bonds. The number of aromatic amines is 1. The van der Waals surface area contributed by atoms with Gasteiger partial charge in [0.2, 0.25) is 0 Å².